The summed E-state index contributed by atoms with van der Waals surface area (Å²) in [6.45, 7) is 8.91. The highest BCUT2D eigenvalue weighted by molar-refractivity contribution is 6.25. The zero-order valence-corrected chi connectivity index (χ0v) is 16.9. The molecule has 2 aliphatic rings. The first kappa shape index (κ1) is 19.8. The van der Waals surface area contributed by atoms with E-state index in [0.717, 1.165) is 44.9 Å². The molecule has 0 spiro atoms. The van der Waals surface area contributed by atoms with E-state index in [1.165, 1.54) is 12.8 Å². The summed E-state index contributed by atoms with van der Waals surface area (Å²) in [5.41, 5.74) is 13.4. The van der Waals surface area contributed by atoms with Gasteiger partial charge in [-0.2, -0.15) is 0 Å². The Balaban J connectivity index is 2.20. The van der Waals surface area contributed by atoms with Crippen molar-refractivity contribution in [1.29, 1.82) is 0 Å². The molecule has 2 rings (SSSR count). The summed E-state index contributed by atoms with van der Waals surface area (Å²) >= 11 is 13.9. The Morgan fingerprint density at radius 3 is 1.48 bits per heavy atom. The Kier molecular flexibility index (Phi) is 5.74. The molecule has 0 bridgehead atoms. The highest BCUT2D eigenvalue weighted by atomic mass is 35.5. The molecule has 136 valence electrons. The standard InChI is InChI=1S/C19H36Cl2N2/c1-5-16(3)11-7-9-14(18(16,20)22)13-15-10-8-12-17(4,6-2)19(15,21)23/h14-15H,5-13,22-23H2,1-4H3. The molecule has 6 atom stereocenters. The monoisotopic (exact) mass is 362 g/mol. The van der Waals surface area contributed by atoms with E-state index in [9.17, 15) is 0 Å². The molecule has 4 heteroatoms. The van der Waals surface area contributed by atoms with Crippen molar-refractivity contribution < 1.29 is 0 Å². The second-order valence-electron chi connectivity index (χ2n) is 8.78. The highest BCUT2D eigenvalue weighted by Crippen LogP contribution is 2.56. The molecular formula is C19H36Cl2N2. The number of hydrogen-bond acceptors (Lipinski definition) is 2. The fourth-order valence-electron chi connectivity index (χ4n) is 5.08. The van der Waals surface area contributed by atoms with Crippen LogP contribution >= 0.6 is 23.2 Å². The van der Waals surface area contributed by atoms with Crippen molar-refractivity contribution in [3.63, 3.8) is 0 Å². The summed E-state index contributed by atoms with van der Waals surface area (Å²) < 4.78 is 0. The molecule has 0 radical (unpaired) electrons. The maximum atomic E-state index is 6.96. The van der Waals surface area contributed by atoms with Crippen molar-refractivity contribution in [1.82, 2.24) is 0 Å². The molecule has 23 heavy (non-hydrogen) atoms. The molecule has 2 saturated carbocycles. The van der Waals surface area contributed by atoms with Crippen LogP contribution in [0.5, 0.6) is 0 Å². The lowest BCUT2D eigenvalue weighted by Gasteiger charge is -2.55. The maximum Gasteiger partial charge on any atom is 0.0993 e. The molecule has 0 aromatic rings. The second-order valence-corrected chi connectivity index (χ2v) is 10.0. The molecule has 2 aliphatic carbocycles. The molecule has 2 fully saturated rings. The molecule has 0 aromatic heterocycles. The molecular weight excluding hydrogens is 327 g/mol. The van der Waals surface area contributed by atoms with Gasteiger partial charge in [0.1, 0.15) is 0 Å². The van der Waals surface area contributed by atoms with Gasteiger partial charge in [0.15, 0.2) is 0 Å². The van der Waals surface area contributed by atoms with E-state index in [0.29, 0.717) is 11.8 Å². The minimum absolute atomic E-state index is 0.00374. The van der Waals surface area contributed by atoms with Gasteiger partial charge in [-0.25, -0.2) is 0 Å². The van der Waals surface area contributed by atoms with Crippen molar-refractivity contribution in [2.75, 3.05) is 0 Å². The number of rotatable bonds is 4. The number of hydrogen-bond donors (Lipinski definition) is 2. The molecule has 2 nitrogen and oxygen atoms in total. The number of halogens is 2. The molecule has 4 N–H and O–H groups in total. The maximum absolute atomic E-state index is 6.96. The van der Waals surface area contributed by atoms with E-state index in [1.54, 1.807) is 0 Å². The van der Waals surface area contributed by atoms with Crippen LogP contribution in [-0.2, 0) is 0 Å². The van der Waals surface area contributed by atoms with Gasteiger partial charge in [0.25, 0.3) is 0 Å². The van der Waals surface area contributed by atoms with Crippen LogP contribution in [0.2, 0.25) is 0 Å². The van der Waals surface area contributed by atoms with E-state index >= 15 is 0 Å². The first-order chi connectivity index (χ1) is 10.5. The van der Waals surface area contributed by atoms with E-state index in [2.05, 4.69) is 27.7 Å². The van der Waals surface area contributed by atoms with Crippen LogP contribution in [0.4, 0.5) is 0 Å². The molecule has 0 aromatic carbocycles. The van der Waals surface area contributed by atoms with Crippen molar-refractivity contribution in [3.8, 4) is 0 Å². The van der Waals surface area contributed by atoms with Gasteiger partial charge in [-0.05, 0) is 67.6 Å². The summed E-state index contributed by atoms with van der Waals surface area (Å²) in [4.78, 5) is -1.29. The smallest absolute Gasteiger partial charge is 0.0993 e. The van der Waals surface area contributed by atoms with Crippen molar-refractivity contribution in [2.45, 2.75) is 95.5 Å². The van der Waals surface area contributed by atoms with E-state index < -0.39 is 10.00 Å². The van der Waals surface area contributed by atoms with Crippen LogP contribution < -0.4 is 11.5 Å². The zero-order valence-electron chi connectivity index (χ0n) is 15.4. The zero-order chi connectivity index (χ0) is 17.5. The third-order valence-electron chi connectivity index (χ3n) is 7.73. The SMILES string of the molecule is CCC1(C)CCCC(CC2CCCC(C)(CC)C2(N)Cl)C1(N)Cl. The van der Waals surface area contributed by atoms with Gasteiger partial charge < -0.3 is 11.5 Å². The van der Waals surface area contributed by atoms with Crippen molar-refractivity contribution in [3.05, 3.63) is 0 Å². The van der Waals surface area contributed by atoms with Gasteiger partial charge in [-0.3, -0.25) is 0 Å². The van der Waals surface area contributed by atoms with E-state index in [4.69, 9.17) is 34.7 Å². The Bertz CT molecular complexity index is 386. The van der Waals surface area contributed by atoms with Crippen LogP contribution in [0.3, 0.4) is 0 Å². The van der Waals surface area contributed by atoms with Crippen LogP contribution in [0.15, 0.2) is 0 Å². The summed E-state index contributed by atoms with van der Waals surface area (Å²) in [6, 6.07) is 0. The van der Waals surface area contributed by atoms with Crippen molar-refractivity contribution in [2.24, 2.45) is 34.1 Å². The van der Waals surface area contributed by atoms with Crippen molar-refractivity contribution >= 4 is 23.2 Å². The van der Waals surface area contributed by atoms with Gasteiger partial charge in [0.2, 0.25) is 0 Å². The molecule has 0 aliphatic heterocycles. The molecule has 0 saturated heterocycles. The van der Waals surface area contributed by atoms with Crippen LogP contribution in [0.1, 0.15) is 85.5 Å². The molecule has 0 heterocycles. The summed E-state index contributed by atoms with van der Waals surface area (Å²) in [6.07, 6.45) is 9.86. The average Bonchev–Trinajstić information content (AvgIpc) is 2.49. The Morgan fingerprint density at radius 1 is 0.826 bits per heavy atom. The fraction of sp³-hybridized carbons (Fsp3) is 1.00. The number of nitrogens with two attached hydrogens (primary N) is 2. The summed E-state index contributed by atoms with van der Waals surface area (Å²) in [5.74, 6) is 0.600. The predicted molar refractivity (Wildman–Crippen MR) is 102 cm³/mol. The largest absolute Gasteiger partial charge is 0.312 e. The normalized spacial score (nSPS) is 51.7. The van der Waals surface area contributed by atoms with E-state index in [-0.39, 0.29) is 10.8 Å². The minimum Gasteiger partial charge on any atom is -0.312 e. The molecule has 0 amide bonds. The fourth-order valence-corrected chi connectivity index (χ4v) is 5.94. The molecule has 6 unspecified atom stereocenters. The lowest BCUT2D eigenvalue weighted by Crippen LogP contribution is -2.61. The first-order valence-electron chi connectivity index (χ1n) is 9.49. The van der Waals surface area contributed by atoms with Gasteiger partial charge >= 0.3 is 0 Å². The van der Waals surface area contributed by atoms with Crippen LogP contribution in [-0.4, -0.2) is 10.00 Å². The number of alkyl halides is 2. The Morgan fingerprint density at radius 2 is 1.17 bits per heavy atom. The third kappa shape index (κ3) is 3.18. The quantitative estimate of drug-likeness (QED) is 0.505. The lowest BCUT2D eigenvalue weighted by atomic mass is 9.59. The average molecular weight is 363 g/mol. The highest BCUT2D eigenvalue weighted by Gasteiger charge is 2.55. The second kappa shape index (κ2) is 6.67. The van der Waals surface area contributed by atoms with E-state index in [1.807, 2.05) is 0 Å². The van der Waals surface area contributed by atoms with Gasteiger partial charge in [0, 0.05) is 0 Å². The summed E-state index contributed by atoms with van der Waals surface area (Å²) in [5, 5.41) is 0. The first-order valence-corrected chi connectivity index (χ1v) is 10.3. The van der Waals surface area contributed by atoms with Crippen LogP contribution in [0.25, 0.3) is 0 Å². The Labute approximate surface area is 153 Å². The predicted octanol–water partition coefficient (Wildman–Crippen LogP) is 5.60. The lowest BCUT2D eigenvalue weighted by molar-refractivity contribution is 0.0280. The van der Waals surface area contributed by atoms with Gasteiger partial charge in [-0.15, -0.1) is 23.2 Å². The topological polar surface area (TPSA) is 52.0 Å². The minimum atomic E-state index is -0.646. The van der Waals surface area contributed by atoms with Gasteiger partial charge in [0.05, 0.1) is 10.00 Å². The van der Waals surface area contributed by atoms with Gasteiger partial charge in [-0.1, -0.05) is 40.5 Å². The third-order valence-corrected chi connectivity index (χ3v) is 9.26. The Hall–Kier alpha value is 0.500. The summed E-state index contributed by atoms with van der Waals surface area (Å²) in [7, 11) is 0. The van der Waals surface area contributed by atoms with Crippen LogP contribution in [0, 0.1) is 22.7 Å².